The van der Waals surface area contributed by atoms with E-state index in [0.29, 0.717) is 6.61 Å². The summed E-state index contributed by atoms with van der Waals surface area (Å²) in [5.41, 5.74) is 0. The Morgan fingerprint density at radius 3 is 2.38 bits per heavy atom. The summed E-state index contributed by atoms with van der Waals surface area (Å²) in [5, 5.41) is 9.46. The molecule has 0 spiro atoms. The molecule has 1 aromatic rings. The highest BCUT2D eigenvalue weighted by molar-refractivity contribution is 5.20. The third-order valence-electron chi connectivity index (χ3n) is 1.93. The van der Waals surface area contributed by atoms with Gasteiger partial charge in [0.1, 0.15) is 12.4 Å². The molecule has 0 heterocycles. The van der Waals surface area contributed by atoms with Crippen LogP contribution >= 0.6 is 0 Å². The predicted octanol–water partition coefficient (Wildman–Crippen LogP) is 2.08. The highest BCUT2D eigenvalue weighted by atomic mass is 16.5. The van der Waals surface area contributed by atoms with Crippen LogP contribution in [0, 0.1) is 5.92 Å². The van der Waals surface area contributed by atoms with E-state index in [-0.39, 0.29) is 12.0 Å². The molecule has 0 fully saturated rings. The molecule has 72 valence electrons. The third kappa shape index (κ3) is 3.47. The fourth-order valence-corrected chi connectivity index (χ4v) is 0.891. The van der Waals surface area contributed by atoms with E-state index in [1.807, 2.05) is 44.2 Å². The summed E-state index contributed by atoms with van der Waals surface area (Å²) in [6, 6.07) is 9.53. The quantitative estimate of drug-likeness (QED) is 0.768. The van der Waals surface area contributed by atoms with Crippen LogP contribution in [0.3, 0.4) is 0 Å². The summed E-state index contributed by atoms with van der Waals surface area (Å²) in [4.78, 5) is 0. The zero-order valence-corrected chi connectivity index (χ0v) is 8.10. The van der Waals surface area contributed by atoms with E-state index in [4.69, 9.17) is 4.74 Å². The van der Waals surface area contributed by atoms with E-state index in [2.05, 4.69) is 0 Å². The number of aliphatic hydroxyl groups is 1. The lowest BCUT2D eigenvalue weighted by Crippen LogP contribution is -2.23. The number of aliphatic hydroxyl groups excluding tert-OH is 1. The number of hydrogen-bond acceptors (Lipinski definition) is 2. The van der Waals surface area contributed by atoms with Crippen molar-refractivity contribution in [2.24, 2.45) is 5.92 Å². The Labute approximate surface area is 79.2 Å². The Kier molecular flexibility index (Phi) is 3.77. The molecule has 0 aromatic heterocycles. The summed E-state index contributed by atoms with van der Waals surface area (Å²) in [6.07, 6.45) is -0.389. The van der Waals surface area contributed by atoms with Gasteiger partial charge in [-0.1, -0.05) is 32.0 Å². The van der Waals surface area contributed by atoms with Gasteiger partial charge >= 0.3 is 0 Å². The molecule has 2 nitrogen and oxygen atoms in total. The second kappa shape index (κ2) is 4.87. The lowest BCUT2D eigenvalue weighted by Gasteiger charge is -2.14. The highest BCUT2D eigenvalue weighted by Gasteiger charge is 2.09. The van der Waals surface area contributed by atoms with Gasteiger partial charge in [-0.25, -0.2) is 0 Å². The SMILES string of the molecule is CC(C)C(O)COc1ccccc1. The summed E-state index contributed by atoms with van der Waals surface area (Å²) < 4.78 is 5.38. The number of benzene rings is 1. The lowest BCUT2D eigenvalue weighted by molar-refractivity contribution is 0.0701. The molecule has 1 atom stereocenters. The second-order valence-electron chi connectivity index (χ2n) is 3.44. The zero-order valence-electron chi connectivity index (χ0n) is 8.10. The van der Waals surface area contributed by atoms with Gasteiger partial charge in [0.15, 0.2) is 0 Å². The van der Waals surface area contributed by atoms with Crippen LogP contribution in [0.1, 0.15) is 13.8 Å². The zero-order chi connectivity index (χ0) is 9.68. The molecule has 0 saturated heterocycles. The Hall–Kier alpha value is -1.02. The van der Waals surface area contributed by atoms with E-state index in [0.717, 1.165) is 5.75 Å². The average Bonchev–Trinajstić information content (AvgIpc) is 2.15. The highest BCUT2D eigenvalue weighted by Crippen LogP contribution is 2.10. The first-order chi connectivity index (χ1) is 6.20. The van der Waals surface area contributed by atoms with Gasteiger partial charge in [0, 0.05) is 0 Å². The van der Waals surface area contributed by atoms with Crippen LogP contribution < -0.4 is 4.74 Å². The first-order valence-electron chi connectivity index (χ1n) is 4.56. The molecule has 0 saturated carbocycles. The molecule has 1 rings (SSSR count). The summed E-state index contributed by atoms with van der Waals surface area (Å²) in [7, 11) is 0. The van der Waals surface area contributed by atoms with E-state index in [1.165, 1.54) is 0 Å². The predicted molar refractivity (Wildman–Crippen MR) is 52.8 cm³/mol. The minimum absolute atomic E-state index is 0.240. The molecule has 0 aliphatic carbocycles. The minimum atomic E-state index is -0.389. The standard InChI is InChI=1S/C11H16O2/c1-9(2)11(12)8-13-10-6-4-3-5-7-10/h3-7,9,11-12H,8H2,1-2H3. The lowest BCUT2D eigenvalue weighted by atomic mass is 10.1. The maximum atomic E-state index is 9.46. The van der Waals surface area contributed by atoms with Crippen LogP contribution in [0.2, 0.25) is 0 Å². The van der Waals surface area contributed by atoms with Crippen molar-refractivity contribution in [1.82, 2.24) is 0 Å². The van der Waals surface area contributed by atoms with Crippen LogP contribution in [0.5, 0.6) is 5.75 Å². The molecule has 0 aliphatic rings. The number of ether oxygens (including phenoxy) is 1. The molecule has 1 aromatic carbocycles. The fourth-order valence-electron chi connectivity index (χ4n) is 0.891. The third-order valence-corrected chi connectivity index (χ3v) is 1.93. The number of para-hydroxylation sites is 1. The van der Waals surface area contributed by atoms with Crippen LogP contribution in [0.15, 0.2) is 30.3 Å². The number of rotatable bonds is 4. The summed E-state index contributed by atoms with van der Waals surface area (Å²) in [5.74, 6) is 1.05. The topological polar surface area (TPSA) is 29.5 Å². The van der Waals surface area contributed by atoms with Crippen molar-refractivity contribution in [1.29, 1.82) is 0 Å². The van der Waals surface area contributed by atoms with Gasteiger partial charge in [0.2, 0.25) is 0 Å². The Balaban J connectivity index is 2.35. The molecule has 0 bridgehead atoms. The molecule has 13 heavy (non-hydrogen) atoms. The van der Waals surface area contributed by atoms with Crippen LogP contribution in [0.4, 0.5) is 0 Å². The van der Waals surface area contributed by atoms with Gasteiger partial charge in [-0.15, -0.1) is 0 Å². The molecule has 0 amide bonds. The normalized spacial score (nSPS) is 12.9. The van der Waals surface area contributed by atoms with Crippen molar-refractivity contribution >= 4 is 0 Å². The maximum absolute atomic E-state index is 9.46. The Morgan fingerprint density at radius 1 is 1.23 bits per heavy atom. The van der Waals surface area contributed by atoms with Crippen LogP contribution in [-0.4, -0.2) is 17.8 Å². The largest absolute Gasteiger partial charge is 0.491 e. The molecular formula is C11H16O2. The van der Waals surface area contributed by atoms with Crippen molar-refractivity contribution in [2.45, 2.75) is 20.0 Å². The Morgan fingerprint density at radius 2 is 1.85 bits per heavy atom. The van der Waals surface area contributed by atoms with Crippen molar-refractivity contribution < 1.29 is 9.84 Å². The first kappa shape index (κ1) is 10.1. The van der Waals surface area contributed by atoms with Gasteiger partial charge in [-0.05, 0) is 18.1 Å². The smallest absolute Gasteiger partial charge is 0.119 e. The van der Waals surface area contributed by atoms with Crippen molar-refractivity contribution in [3.63, 3.8) is 0 Å². The Bertz CT molecular complexity index is 231. The van der Waals surface area contributed by atoms with E-state index < -0.39 is 0 Å². The van der Waals surface area contributed by atoms with Gasteiger partial charge in [-0.2, -0.15) is 0 Å². The van der Waals surface area contributed by atoms with Gasteiger partial charge in [0.05, 0.1) is 6.10 Å². The van der Waals surface area contributed by atoms with Gasteiger partial charge < -0.3 is 9.84 Å². The summed E-state index contributed by atoms with van der Waals surface area (Å²) >= 11 is 0. The van der Waals surface area contributed by atoms with Gasteiger partial charge in [0.25, 0.3) is 0 Å². The average molecular weight is 180 g/mol. The van der Waals surface area contributed by atoms with E-state index in [1.54, 1.807) is 0 Å². The van der Waals surface area contributed by atoms with Crippen molar-refractivity contribution in [3.05, 3.63) is 30.3 Å². The van der Waals surface area contributed by atoms with Crippen molar-refractivity contribution in [3.8, 4) is 5.75 Å². The molecule has 2 heteroatoms. The van der Waals surface area contributed by atoms with Crippen LogP contribution in [-0.2, 0) is 0 Å². The molecule has 0 aliphatic heterocycles. The maximum Gasteiger partial charge on any atom is 0.119 e. The summed E-state index contributed by atoms with van der Waals surface area (Å²) in [6.45, 7) is 4.31. The first-order valence-corrected chi connectivity index (χ1v) is 4.56. The van der Waals surface area contributed by atoms with Gasteiger partial charge in [-0.3, -0.25) is 0 Å². The van der Waals surface area contributed by atoms with Crippen molar-refractivity contribution in [2.75, 3.05) is 6.61 Å². The molecular weight excluding hydrogens is 164 g/mol. The second-order valence-corrected chi connectivity index (χ2v) is 3.44. The monoisotopic (exact) mass is 180 g/mol. The minimum Gasteiger partial charge on any atom is -0.491 e. The molecule has 1 N–H and O–H groups in total. The van der Waals surface area contributed by atoms with E-state index >= 15 is 0 Å². The molecule has 1 unspecified atom stereocenters. The fraction of sp³-hybridized carbons (Fsp3) is 0.455. The number of hydrogen-bond donors (Lipinski definition) is 1. The van der Waals surface area contributed by atoms with Crippen LogP contribution in [0.25, 0.3) is 0 Å². The van der Waals surface area contributed by atoms with E-state index in [9.17, 15) is 5.11 Å². The molecule has 0 radical (unpaired) electrons.